The zero-order chi connectivity index (χ0) is 11.5. The van der Waals surface area contributed by atoms with Gasteiger partial charge in [0.2, 0.25) is 0 Å². The van der Waals surface area contributed by atoms with Crippen LogP contribution in [0, 0.1) is 0 Å². The summed E-state index contributed by atoms with van der Waals surface area (Å²) in [6.07, 6.45) is 0. The molecule has 0 heterocycles. The van der Waals surface area contributed by atoms with Crippen molar-refractivity contribution in [2.24, 2.45) is 5.73 Å². The van der Waals surface area contributed by atoms with E-state index in [1.165, 1.54) is 18.2 Å². The fourth-order valence-corrected chi connectivity index (χ4v) is 2.63. The fourth-order valence-electron chi connectivity index (χ4n) is 1.06. The number of hydrogen-bond donors (Lipinski definition) is 4. The van der Waals surface area contributed by atoms with E-state index in [0.29, 0.717) is 0 Å². The Kier molecular flexibility index (Phi) is 3.57. The van der Waals surface area contributed by atoms with E-state index in [0.717, 1.165) is 0 Å². The average Bonchev–Trinajstić information content (AvgIpc) is 2.13. The van der Waals surface area contributed by atoms with Gasteiger partial charge >= 0.3 is 88.7 Å². The van der Waals surface area contributed by atoms with E-state index >= 15 is 0 Å². The van der Waals surface area contributed by atoms with Crippen LogP contribution in [0.5, 0.6) is 0 Å². The molecule has 1 aromatic carbocycles. The van der Waals surface area contributed by atoms with Crippen LogP contribution in [0.3, 0.4) is 0 Å². The molecule has 0 spiro atoms. The molecule has 82 valence electrons. The Hall–Kier alpha value is -1.23. The van der Waals surface area contributed by atoms with Gasteiger partial charge in [0.25, 0.3) is 0 Å². The van der Waals surface area contributed by atoms with E-state index < -0.39 is 20.1 Å². The molecule has 0 aliphatic rings. The standard InChI is InChI=1S/C8H11AsN2O4/c10-8(12)5-11-7-4-2-1-3-6(7)9(13,14)15/h1-4,11H,5H2,(H2,10,12)(H2,13,14,15). The summed E-state index contributed by atoms with van der Waals surface area (Å²) in [6.45, 7) is -0.160. The Morgan fingerprint density at radius 3 is 2.53 bits per heavy atom. The molecule has 0 radical (unpaired) electrons. The molecule has 0 atom stereocenters. The average molecular weight is 274 g/mol. The number of nitrogens with one attached hydrogen (secondary N) is 1. The Labute approximate surface area is 89.1 Å². The Morgan fingerprint density at radius 1 is 1.40 bits per heavy atom. The van der Waals surface area contributed by atoms with Gasteiger partial charge in [0.15, 0.2) is 0 Å². The maximum atomic E-state index is 11.1. The first kappa shape index (κ1) is 11.8. The van der Waals surface area contributed by atoms with Crippen molar-refractivity contribution >= 4 is 30.1 Å². The van der Waals surface area contributed by atoms with Gasteiger partial charge in [-0.25, -0.2) is 0 Å². The fraction of sp³-hybridized carbons (Fsp3) is 0.125. The van der Waals surface area contributed by atoms with E-state index in [9.17, 15) is 8.53 Å². The zero-order valence-corrected chi connectivity index (χ0v) is 9.63. The summed E-state index contributed by atoms with van der Waals surface area (Å²) < 4.78 is 29.1. The molecular formula is C8H11AsN2O4. The molecule has 6 nitrogen and oxygen atoms in total. The van der Waals surface area contributed by atoms with Gasteiger partial charge in [-0.2, -0.15) is 0 Å². The van der Waals surface area contributed by atoms with Gasteiger partial charge in [0.05, 0.1) is 0 Å². The zero-order valence-electron chi connectivity index (χ0n) is 7.75. The van der Waals surface area contributed by atoms with Crippen LogP contribution in [0.25, 0.3) is 0 Å². The van der Waals surface area contributed by atoms with E-state index in [1.54, 1.807) is 6.07 Å². The molecule has 5 N–H and O–H groups in total. The minimum absolute atomic E-state index is 0.0862. The van der Waals surface area contributed by atoms with E-state index in [2.05, 4.69) is 5.32 Å². The minimum atomic E-state index is -4.95. The number of rotatable bonds is 4. The first-order valence-corrected chi connectivity index (χ1v) is 7.47. The van der Waals surface area contributed by atoms with Crippen LogP contribution in [-0.2, 0) is 8.53 Å². The van der Waals surface area contributed by atoms with Gasteiger partial charge in [-0.1, -0.05) is 0 Å². The van der Waals surface area contributed by atoms with Crippen LogP contribution in [0.2, 0.25) is 0 Å². The van der Waals surface area contributed by atoms with Crippen molar-refractivity contribution in [1.82, 2.24) is 0 Å². The number of hydrogen-bond acceptors (Lipinski definition) is 3. The monoisotopic (exact) mass is 274 g/mol. The van der Waals surface area contributed by atoms with Crippen LogP contribution in [0.1, 0.15) is 0 Å². The van der Waals surface area contributed by atoms with Crippen molar-refractivity contribution in [2.75, 3.05) is 11.9 Å². The molecule has 1 aromatic rings. The van der Waals surface area contributed by atoms with Crippen LogP contribution >= 0.6 is 0 Å². The molecule has 0 aliphatic heterocycles. The number of nitrogens with two attached hydrogens (primary N) is 1. The predicted octanol–water partition coefficient (Wildman–Crippen LogP) is -1.86. The molecule has 0 aromatic heterocycles. The molecule has 1 rings (SSSR count). The maximum absolute atomic E-state index is 11.1. The molecular weight excluding hydrogens is 263 g/mol. The van der Waals surface area contributed by atoms with E-state index in [-0.39, 0.29) is 16.6 Å². The second kappa shape index (κ2) is 4.53. The third kappa shape index (κ3) is 3.43. The van der Waals surface area contributed by atoms with Crippen molar-refractivity contribution in [3.8, 4) is 0 Å². The van der Waals surface area contributed by atoms with Gasteiger partial charge in [-0.3, -0.25) is 0 Å². The van der Waals surface area contributed by atoms with Crippen LogP contribution in [0.15, 0.2) is 24.3 Å². The van der Waals surface area contributed by atoms with Crippen molar-refractivity contribution in [2.45, 2.75) is 0 Å². The summed E-state index contributed by atoms with van der Waals surface area (Å²) in [7, 11) is 0. The Morgan fingerprint density at radius 2 is 2.00 bits per heavy atom. The molecule has 0 saturated carbocycles. The summed E-state index contributed by atoms with van der Waals surface area (Å²) >= 11 is -4.95. The number of carbonyl (C=O) groups is 1. The molecule has 0 bridgehead atoms. The normalized spacial score (nSPS) is 11.1. The summed E-state index contributed by atoms with van der Waals surface area (Å²) in [5.41, 5.74) is 5.15. The number of anilines is 1. The second-order valence-electron chi connectivity index (χ2n) is 2.88. The van der Waals surface area contributed by atoms with E-state index in [1.807, 2.05) is 0 Å². The van der Waals surface area contributed by atoms with Crippen molar-refractivity contribution in [3.63, 3.8) is 0 Å². The molecule has 7 heteroatoms. The van der Waals surface area contributed by atoms with Gasteiger partial charge in [0.1, 0.15) is 0 Å². The van der Waals surface area contributed by atoms with Gasteiger partial charge in [-0.15, -0.1) is 0 Å². The first-order valence-electron chi connectivity index (χ1n) is 4.08. The molecule has 0 saturated heterocycles. The summed E-state index contributed by atoms with van der Waals surface area (Å²) in [5.74, 6) is -0.595. The number of para-hydroxylation sites is 1. The van der Waals surface area contributed by atoms with Crippen molar-refractivity contribution in [3.05, 3.63) is 24.3 Å². The third-order valence-corrected chi connectivity index (χ3v) is 3.81. The predicted molar refractivity (Wildman–Crippen MR) is 54.6 cm³/mol. The van der Waals surface area contributed by atoms with Crippen molar-refractivity contribution < 1.29 is 16.7 Å². The van der Waals surface area contributed by atoms with Crippen LogP contribution < -0.4 is 15.4 Å². The van der Waals surface area contributed by atoms with Gasteiger partial charge < -0.3 is 0 Å². The molecule has 1 amide bonds. The number of benzene rings is 1. The number of carbonyl (C=O) groups excluding carboxylic acids is 1. The SMILES string of the molecule is NC(=O)CNc1ccccc1[As](=O)(O)O. The quantitative estimate of drug-likeness (QED) is 0.481. The summed E-state index contributed by atoms with van der Waals surface area (Å²) in [5, 5.41) is 2.57. The Bertz CT molecular complexity index is 415. The summed E-state index contributed by atoms with van der Waals surface area (Å²) in [6, 6.07) is 5.94. The third-order valence-electron chi connectivity index (χ3n) is 1.67. The number of primary amides is 1. The second-order valence-corrected chi connectivity index (χ2v) is 6.17. The molecule has 15 heavy (non-hydrogen) atoms. The molecule has 0 unspecified atom stereocenters. The van der Waals surface area contributed by atoms with Crippen LogP contribution in [-0.4, -0.2) is 34.8 Å². The number of amides is 1. The first-order chi connectivity index (χ1) is 6.91. The van der Waals surface area contributed by atoms with Crippen LogP contribution in [0.4, 0.5) is 5.69 Å². The Balaban J connectivity index is 2.97. The molecule has 0 aliphatic carbocycles. The van der Waals surface area contributed by atoms with Gasteiger partial charge in [-0.05, 0) is 0 Å². The van der Waals surface area contributed by atoms with E-state index in [4.69, 9.17) is 13.9 Å². The topological polar surface area (TPSA) is 113 Å². The van der Waals surface area contributed by atoms with Crippen molar-refractivity contribution in [1.29, 1.82) is 0 Å². The summed E-state index contributed by atoms with van der Waals surface area (Å²) in [4.78, 5) is 10.5. The van der Waals surface area contributed by atoms with Gasteiger partial charge in [0, 0.05) is 0 Å². The molecule has 0 fully saturated rings.